The molecular formula is C28H25F4N7O2. The first-order chi connectivity index (χ1) is 19.5. The summed E-state index contributed by atoms with van der Waals surface area (Å²) in [4.78, 5) is 17.1. The first-order valence-electron chi connectivity index (χ1n) is 12.5. The molecule has 3 heterocycles. The van der Waals surface area contributed by atoms with Gasteiger partial charge in [-0.2, -0.15) is 23.4 Å². The molecule has 0 bridgehead atoms. The van der Waals surface area contributed by atoms with Gasteiger partial charge in [0.05, 0.1) is 52.1 Å². The summed E-state index contributed by atoms with van der Waals surface area (Å²) in [6, 6.07) is 12.0. The highest BCUT2D eigenvalue weighted by molar-refractivity contribution is 6.07. The van der Waals surface area contributed by atoms with Crippen LogP contribution in [-0.4, -0.2) is 44.6 Å². The van der Waals surface area contributed by atoms with Crippen LogP contribution >= 0.6 is 0 Å². The fourth-order valence-electron chi connectivity index (χ4n) is 4.54. The lowest BCUT2D eigenvalue weighted by molar-refractivity contribution is -0.146. The Bertz CT molecular complexity index is 1740. The maximum atomic E-state index is 14.0. The average Bonchev–Trinajstić information content (AvgIpc) is 3.55. The number of H-pyrrole nitrogens is 2. The zero-order valence-corrected chi connectivity index (χ0v) is 22.2. The number of pyridine rings is 1. The predicted molar refractivity (Wildman–Crippen MR) is 145 cm³/mol. The summed E-state index contributed by atoms with van der Waals surface area (Å²) in [6.45, 7) is 2.88. The molecule has 1 amide bonds. The number of hydrogen-bond donors (Lipinski definition) is 4. The molecule has 3 aromatic heterocycles. The van der Waals surface area contributed by atoms with Crippen molar-refractivity contribution in [2.24, 2.45) is 0 Å². The summed E-state index contributed by atoms with van der Waals surface area (Å²) < 4.78 is 60.8. The Labute approximate surface area is 231 Å². The van der Waals surface area contributed by atoms with Crippen molar-refractivity contribution in [3.63, 3.8) is 0 Å². The number of nitrogens with two attached hydrogens (primary N) is 1. The fourth-order valence-corrected chi connectivity index (χ4v) is 4.54. The number of ether oxygens (including phenoxy) is 1. The van der Waals surface area contributed by atoms with Crippen LogP contribution < -0.4 is 15.8 Å². The van der Waals surface area contributed by atoms with Gasteiger partial charge in [-0.05, 0) is 43.7 Å². The summed E-state index contributed by atoms with van der Waals surface area (Å²) in [5.74, 6) is -2.73. The second kappa shape index (κ2) is 10.6. The molecule has 0 aliphatic heterocycles. The van der Waals surface area contributed by atoms with Crippen LogP contribution in [0.2, 0.25) is 0 Å². The molecule has 0 fully saturated rings. The predicted octanol–water partition coefficient (Wildman–Crippen LogP) is 5.65. The molecule has 1 atom stereocenters. The van der Waals surface area contributed by atoms with E-state index in [0.29, 0.717) is 22.2 Å². The third-order valence-corrected chi connectivity index (χ3v) is 6.72. The van der Waals surface area contributed by atoms with Crippen LogP contribution in [0.15, 0.2) is 48.5 Å². The lowest BCUT2D eigenvalue weighted by Crippen LogP contribution is -2.23. The zero-order chi connectivity index (χ0) is 29.5. The third kappa shape index (κ3) is 5.30. The molecule has 0 saturated carbocycles. The number of nitrogen functional groups attached to an aromatic ring is 1. The summed E-state index contributed by atoms with van der Waals surface area (Å²) in [7, 11) is 1.38. The van der Waals surface area contributed by atoms with Gasteiger partial charge in [0.25, 0.3) is 5.91 Å². The van der Waals surface area contributed by atoms with Crippen molar-refractivity contribution in [3.8, 4) is 28.3 Å². The Kier molecular flexibility index (Phi) is 7.11. The van der Waals surface area contributed by atoms with Crippen molar-refractivity contribution in [3.05, 3.63) is 76.9 Å². The highest BCUT2D eigenvalue weighted by Crippen LogP contribution is 2.44. The number of alkyl halides is 3. The number of hydrogen-bond acceptors (Lipinski definition) is 6. The van der Waals surface area contributed by atoms with E-state index in [1.165, 1.54) is 19.2 Å². The number of fused-ring (bicyclic) bond motifs is 1. The number of carbonyl (C=O) groups excluding carboxylic acids is 1. The van der Waals surface area contributed by atoms with E-state index < -0.39 is 23.8 Å². The smallest absolute Gasteiger partial charge is 0.397 e. The second-order valence-corrected chi connectivity index (χ2v) is 9.50. The van der Waals surface area contributed by atoms with Crippen LogP contribution in [0, 0.1) is 12.7 Å². The lowest BCUT2D eigenvalue weighted by atomic mass is 9.94. The van der Waals surface area contributed by atoms with Crippen LogP contribution in [0.3, 0.4) is 0 Å². The fraction of sp³-hybridized carbons (Fsp3) is 0.214. The van der Waals surface area contributed by atoms with Crippen LogP contribution in [-0.2, 0) is 6.54 Å². The summed E-state index contributed by atoms with van der Waals surface area (Å²) in [6.07, 6.45) is -4.57. The van der Waals surface area contributed by atoms with Crippen molar-refractivity contribution in [2.45, 2.75) is 32.5 Å². The molecule has 212 valence electrons. The molecule has 0 radical (unpaired) electrons. The molecule has 2 aromatic carbocycles. The van der Waals surface area contributed by atoms with Gasteiger partial charge in [-0.15, -0.1) is 0 Å². The number of rotatable bonds is 7. The number of carbonyl (C=O) groups is 1. The van der Waals surface area contributed by atoms with Gasteiger partial charge in [0.15, 0.2) is 5.82 Å². The van der Waals surface area contributed by atoms with E-state index in [2.05, 4.69) is 30.7 Å². The van der Waals surface area contributed by atoms with Crippen molar-refractivity contribution < 1.29 is 27.1 Å². The molecule has 13 heteroatoms. The molecule has 0 aliphatic rings. The first-order valence-corrected chi connectivity index (χ1v) is 12.5. The molecule has 0 spiro atoms. The number of halogens is 4. The average molecular weight is 568 g/mol. The monoisotopic (exact) mass is 567 g/mol. The van der Waals surface area contributed by atoms with Gasteiger partial charge >= 0.3 is 6.18 Å². The third-order valence-electron chi connectivity index (χ3n) is 6.72. The molecule has 5 N–H and O–H groups in total. The minimum atomic E-state index is -4.57. The van der Waals surface area contributed by atoms with Crippen LogP contribution in [0.5, 0.6) is 5.75 Å². The molecule has 0 aliphatic carbocycles. The van der Waals surface area contributed by atoms with Gasteiger partial charge in [-0.25, -0.2) is 4.39 Å². The summed E-state index contributed by atoms with van der Waals surface area (Å²) in [5.41, 5.74) is 8.76. The number of benzene rings is 2. The lowest BCUT2D eigenvalue weighted by Gasteiger charge is -2.20. The van der Waals surface area contributed by atoms with Gasteiger partial charge in [0.1, 0.15) is 11.6 Å². The van der Waals surface area contributed by atoms with E-state index in [4.69, 9.17) is 10.5 Å². The Hall–Kier alpha value is -4.94. The molecular weight excluding hydrogens is 542 g/mol. The Morgan fingerprint density at radius 2 is 1.83 bits per heavy atom. The van der Waals surface area contributed by atoms with E-state index in [1.807, 2.05) is 0 Å². The Balaban J connectivity index is 1.52. The van der Waals surface area contributed by atoms with E-state index in [0.717, 1.165) is 13.0 Å². The molecule has 5 rings (SSSR count). The summed E-state index contributed by atoms with van der Waals surface area (Å²) >= 11 is 0. The topological polar surface area (TPSA) is 135 Å². The number of aryl methyl sites for hydroxylation is 1. The molecule has 9 nitrogen and oxygen atoms in total. The number of nitrogens with one attached hydrogen (secondary N) is 3. The van der Waals surface area contributed by atoms with Gasteiger partial charge in [-0.3, -0.25) is 20.0 Å². The minimum absolute atomic E-state index is 0.0460. The molecule has 5 aromatic rings. The highest BCUT2D eigenvalue weighted by atomic mass is 19.4. The van der Waals surface area contributed by atoms with Crippen LogP contribution in [0.25, 0.3) is 33.4 Å². The van der Waals surface area contributed by atoms with Crippen molar-refractivity contribution in [2.75, 3.05) is 12.8 Å². The second-order valence-electron chi connectivity index (χ2n) is 9.50. The molecule has 41 heavy (non-hydrogen) atoms. The first kappa shape index (κ1) is 27.6. The van der Waals surface area contributed by atoms with Gasteiger partial charge < -0.3 is 15.8 Å². The number of aromatic amines is 2. The van der Waals surface area contributed by atoms with E-state index in [1.54, 1.807) is 37.3 Å². The van der Waals surface area contributed by atoms with Crippen molar-refractivity contribution in [1.29, 1.82) is 0 Å². The Morgan fingerprint density at radius 1 is 1.10 bits per heavy atom. The molecule has 0 saturated heterocycles. The van der Waals surface area contributed by atoms with E-state index in [-0.39, 0.29) is 51.8 Å². The maximum absolute atomic E-state index is 14.0. The van der Waals surface area contributed by atoms with Crippen LogP contribution in [0.4, 0.5) is 23.4 Å². The standard InChI is InChI=1S/C28H25F4N7O2/c1-13-10-19(37-36-13)21-23(14(2)28(30,31)32)35-24(22-25(21)38-39-26(22)33)16-6-4-15(5-7-16)12-34-27(40)18-11-17(29)8-9-20(18)41-3/h4-11,14H,12H2,1-3H3,(H,34,40)(H,36,37)(H3,33,38,39). The minimum Gasteiger partial charge on any atom is -0.496 e. The van der Waals surface area contributed by atoms with Crippen molar-refractivity contribution >= 4 is 22.6 Å². The maximum Gasteiger partial charge on any atom is 0.397 e. The molecule has 1 unspecified atom stereocenters. The summed E-state index contributed by atoms with van der Waals surface area (Å²) in [5, 5.41) is 16.8. The Morgan fingerprint density at radius 3 is 2.46 bits per heavy atom. The van der Waals surface area contributed by atoms with Crippen LogP contribution in [0.1, 0.15) is 40.2 Å². The zero-order valence-electron chi connectivity index (χ0n) is 22.2. The van der Waals surface area contributed by atoms with Crippen molar-refractivity contribution in [1.82, 2.24) is 30.7 Å². The van der Waals surface area contributed by atoms with Gasteiger partial charge in [-0.1, -0.05) is 24.3 Å². The number of amides is 1. The normalized spacial score (nSPS) is 12.5. The number of anilines is 1. The van der Waals surface area contributed by atoms with Gasteiger partial charge in [0.2, 0.25) is 0 Å². The van der Waals surface area contributed by atoms with E-state index in [9.17, 15) is 22.4 Å². The quantitative estimate of drug-likeness (QED) is 0.188. The largest absolute Gasteiger partial charge is 0.496 e. The highest BCUT2D eigenvalue weighted by Gasteiger charge is 2.41. The number of methoxy groups -OCH3 is 1. The van der Waals surface area contributed by atoms with Gasteiger partial charge in [0, 0.05) is 17.8 Å². The number of aromatic nitrogens is 5. The van der Waals surface area contributed by atoms with E-state index >= 15 is 0 Å². The SMILES string of the molecule is COc1ccc(F)cc1C(=O)NCc1ccc(-c2nc(C(C)C(F)(F)F)c(-c3cc(C)[nH]n3)c3[nH]nc(N)c23)cc1. The number of nitrogens with zero attached hydrogens (tertiary/aromatic N) is 3.